The number of pyridine rings is 1. The molecule has 1 aliphatic rings. The second-order valence-electron chi connectivity index (χ2n) is 3.86. The second-order valence-corrected chi connectivity index (χ2v) is 4.71. The lowest BCUT2D eigenvalue weighted by molar-refractivity contribution is -0.116. The van der Waals surface area contributed by atoms with Gasteiger partial charge in [0.25, 0.3) is 0 Å². The number of nitrogens with one attached hydrogen (secondary N) is 2. The highest BCUT2D eigenvalue weighted by atomic mass is 79.9. The summed E-state index contributed by atoms with van der Waals surface area (Å²) in [6.45, 7) is 0.737. The number of hydrogen-bond acceptors (Lipinski definition) is 3. The Balaban J connectivity index is 1.75. The molecule has 1 aromatic heterocycles. The molecule has 1 amide bonds. The molecule has 0 radical (unpaired) electrons. The van der Waals surface area contributed by atoms with Crippen LogP contribution in [0.15, 0.2) is 22.8 Å². The van der Waals surface area contributed by atoms with Crippen LogP contribution in [0.3, 0.4) is 0 Å². The molecule has 1 fully saturated rings. The van der Waals surface area contributed by atoms with E-state index >= 15 is 0 Å². The van der Waals surface area contributed by atoms with Crippen molar-refractivity contribution in [3.63, 3.8) is 0 Å². The van der Waals surface area contributed by atoms with Crippen molar-refractivity contribution < 1.29 is 4.79 Å². The highest BCUT2D eigenvalue weighted by Gasteiger charge is 2.20. The van der Waals surface area contributed by atoms with E-state index in [4.69, 9.17) is 0 Å². The number of anilines is 1. The fourth-order valence-corrected chi connectivity index (χ4v) is 1.70. The van der Waals surface area contributed by atoms with Crippen LogP contribution in [-0.4, -0.2) is 23.5 Å². The summed E-state index contributed by atoms with van der Waals surface area (Å²) < 4.78 is 0.804. The summed E-state index contributed by atoms with van der Waals surface area (Å²) in [6, 6.07) is 4.31. The SMILES string of the molecule is O=C(CCNC1CC1)Nc1ncccc1Br. The summed E-state index contributed by atoms with van der Waals surface area (Å²) in [5.41, 5.74) is 0. The summed E-state index contributed by atoms with van der Waals surface area (Å²) in [5, 5.41) is 6.06. The molecular weight excluding hydrogens is 270 g/mol. The van der Waals surface area contributed by atoms with Crippen LogP contribution >= 0.6 is 15.9 Å². The van der Waals surface area contributed by atoms with Gasteiger partial charge in [0.1, 0.15) is 5.82 Å². The van der Waals surface area contributed by atoms with Gasteiger partial charge in [0.15, 0.2) is 0 Å². The van der Waals surface area contributed by atoms with Gasteiger partial charge in [-0.3, -0.25) is 4.79 Å². The standard InChI is InChI=1S/C11H14BrN3O/c12-9-2-1-6-14-11(9)15-10(16)5-7-13-8-3-4-8/h1-2,6,8,13H,3-5,7H2,(H,14,15,16). The van der Waals surface area contributed by atoms with Crippen LogP contribution in [0.2, 0.25) is 0 Å². The van der Waals surface area contributed by atoms with Gasteiger partial charge in [0.2, 0.25) is 5.91 Å². The van der Waals surface area contributed by atoms with E-state index in [1.54, 1.807) is 6.20 Å². The summed E-state index contributed by atoms with van der Waals surface area (Å²) in [4.78, 5) is 15.6. The molecule has 86 valence electrons. The number of rotatable bonds is 5. The van der Waals surface area contributed by atoms with Crippen molar-refractivity contribution >= 4 is 27.7 Å². The maximum absolute atomic E-state index is 11.6. The Bertz CT molecular complexity index is 379. The van der Waals surface area contributed by atoms with E-state index in [0.29, 0.717) is 18.3 Å². The number of carbonyl (C=O) groups is 1. The summed E-state index contributed by atoms with van der Waals surface area (Å²) in [6.07, 6.45) is 4.63. The Labute approximate surface area is 103 Å². The molecular formula is C11H14BrN3O. The Morgan fingerprint density at radius 1 is 1.56 bits per heavy atom. The highest BCUT2D eigenvalue weighted by Crippen LogP contribution is 2.19. The van der Waals surface area contributed by atoms with Crippen LogP contribution in [0.1, 0.15) is 19.3 Å². The van der Waals surface area contributed by atoms with Crippen molar-refractivity contribution in [2.45, 2.75) is 25.3 Å². The van der Waals surface area contributed by atoms with Gasteiger partial charge in [-0.15, -0.1) is 0 Å². The fraction of sp³-hybridized carbons (Fsp3) is 0.455. The molecule has 0 saturated heterocycles. The molecule has 1 aromatic rings. The number of halogens is 1. The molecule has 0 unspecified atom stereocenters. The number of amides is 1. The first kappa shape index (κ1) is 11.5. The molecule has 1 heterocycles. The van der Waals surface area contributed by atoms with E-state index in [9.17, 15) is 4.79 Å². The molecule has 4 nitrogen and oxygen atoms in total. The number of hydrogen-bond donors (Lipinski definition) is 2. The predicted molar refractivity (Wildman–Crippen MR) is 66.2 cm³/mol. The smallest absolute Gasteiger partial charge is 0.226 e. The van der Waals surface area contributed by atoms with Crippen molar-refractivity contribution in [3.8, 4) is 0 Å². The maximum atomic E-state index is 11.6. The summed E-state index contributed by atoms with van der Waals surface area (Å²) in [5.74, 6) is 0.575. The van der Waals surface area contributed by atoms with Crippen LogP contribution in [0.25, 0.3) is 0 Å². The van der Waals surface area contributed by atoms with Gasteiger partial charge in [-0.25, -0.2) is 4.98 Å². The molecule has 0 atom stereocenters. The third-order valence-corrected chi connectivity index (χ3v) is 3.02. The minimum absolute atomic E-state index is 0.00690. The van der Waals surface area contributed by atoms with Crippen molar-refractivity contribution in [2.24, 2.45) is 0 Å². The topological polar surface area (TPSA) is 54.0 Å². The fourth-order valence-electron chi connectivity index (χ4n) is 1.35. The van der Waals surface area contributed by atoms with Gasteiger partial charge in [-0.05, 0) is 40.9 Å². The molecule has 2 N–H and O–H groups in total. The number of aromatic nitrogens is 1. The quantitative estimate of drug-likeness (QED) is 0.868. The molecule has 0 aromatic carbocycles. The second kappa shape index (κ2) is 5.41. The third-order valence-electron chi connectivity index (χ3n) is 2.38. The lowest BCUT2D eigenvalue weighted by Crippen LogP contribution is -2.23. The molecule has 0 aliphatic heterocycles. The monoisotopic (exact) mass is 283 g/mol. The molecule has 1 saturated carbocycles. The molecule has 2 rings (SSSR count). The lowest BCUT2D eigenvalue weighted by atomic mass is 10.3. The van der Waals surface area contributed by atoms with Crippen LogP contribution in [0, 0.1) is 0 Å². The van der Waals surface area contributed by atoms with E-state index in [-0.39, 0.29) is 5.91 Å². The van der Waals surface area contributed by atoms with Gasteiger partial charge in [0.05, 0.1) is 4.47 Å². The molecule has 16 heavy (non-hydrogen) atoms. The average Bonchev–Trinajstić information content (AvgIpc) is 3.05. The van der Waals surface area contributed by atoms with Crippen molar-refractivity contribution in [1.82, 2.24) is 10.3 Å². The predicted octanol–water partition coefficient (Wildman–Crippen LogP) is 1.92. The Kier molecular flexibility index (Phi) is 3.90. The van der Waals surface area contributed by atoms with Crippen LogP contribution in [0.4, 0.5) is 5.82 Å². The van der Waals surface area contributed by atoms with Crippen molar-refractivity contribution in [3.05, 3.63) is 22.8 Å². The maximum Gasteiger partial charge on any atom is 0.226 e. The van der Waals surface area contributed by atoms with Crippen molar-refractivity contribution in [1.29, 1.82) is 0 Å². The first-order valence-electron chi connectivity index (χ1n) is 5.39. The van der Waals surface area contributed by atoms with Gasteiger partial charge < -0.3 is 10.6 Å². The molecule has 0 spiro atoms. The average molecular weight is 284 g/mol. The van der Waals surface area contributed by atoms with Gasteiger partial charge in [-0.1, -0.05) is 0 Å². The Hall–Kier alpha value is -0.940. The number of nitrogens with zero attached hydrogens (tertiary/aromatic N) is 1. The van der Waals surface area contributed by atoms with E-state index in [0.717, 1.165) is 11.0 Å². The third kappa shape index (κ3) is 3.57. The van der Waals surface area contributed by atoms with Crippen molar-refractivity contribution in [2.75, 3.05) is 11.9 Å². The van der Waals surface area contributed by atoms with E-state index in [1.807, 2.05) is 12.1 Å². The number of carbonyl (C=O) groups excluding carboxylic acids is 1. The zero-order valence-electron chi connectivity index (χ0n) is 8.87. The van der Waals surface area contributed by atoms with E-state index in [1.165, 1.54) is 12.8 Å². The van der Waals surface area contributed by atoms with Gasteiger partial charge in [0, 0.05) is 25.2 Å². The zero-order valence-corrected chi connectivity index (χ0v) is 10.5. The summed E-state index contributed by atoms with van der Waals surface area (Å²) in [7, 11) is 0. The van der Waals surface area contributed by atoms with Crippen LogP contribution in [0.5, 0.6) is 0 Å². The molecule has 5 heteroatoms. The highest BCUT2D eigenvalue weighted by molar-refractivity contribution is 9.10. The first-order valence-corrected chi connectivity index (χ1v) is 6.19. The first-order chi connectivity index (χ1) is 7.75. The lowest BCUT2D eigenvalue weighted by Gasteiger charge is -2.06. The normalized spacial score (nSPS) is 14.8. The Morgan fingerprint density at radius 2 is 2.38 bits per heavy atom. The largest absolute Gasteiger partial charge is 0.313 e. The molecule has 1 aliphatic carbocycles. The zero-order chi connectivity index (χ0) is 11.4. The summed E-state index contributed by atoms with van der Waals surface area (Å²) >= 11 is 3.33. The van der Waals surface area contributed by atoms with Gasteiger partial charge in [-0.2, -0.15) is 0 Å². The van der Waals surface area contributed by atoms with E-state index in [2.05, 4.69) is 31.5 Å². The molecule has 0 bridgehead atoms. The van der Waals surface area contributed by atoms with E-state index < -0.39 is 0 Å². The van der Waals surface area contributed by atoms with Crippen LogP contribution in [-0.2, 0) is 4.79 Å². The Morgan fingerprint density at radius 3 is 3.06 bits per heavy atom. The van der Waals surface area contributed by atoms with Gasteiger partial charge >= 0.3 is 0 Å². The minimum atomic E-state index is -0.00690. The minimum Gasteiger partial charge on any atom is -0.313 e. The van der Waals surface area contributed by atoms with Crippen LogP contribution < -0.4 is 10.6 Å².